The molecule has 1 aliphatic heterocycles. The molecule has 0 saturated carbocycles. The number of anilines is 1. The van der Waals surface area contributed by atoms with Crippen LogP contribution in [-0.4, -0.2) is 26.8 Å². The number of nitro groups is 1. The first kappa shape index (κ1) is 27.5. The molecular formula is C30H29N5O6. The summed E-state index contributed by atoms with van der Waals surface area (Å²) >= 11 is 0. The maximum atomic E-state index is 12.2. The number of fused-ring (bicyclic) bond motifs is 1. The maximum absolute atomic E-state index is 12.2. The zero-order valence-electron chi connectivity index (χ0n) is 22.5. The molecule has 41 heavy (non-hydrogen) atoms. The van der Waals surface area contributed by atoms with Gasteiger partial charge in [-0.2, -0.15) is 0 Å². The van der Waals surface area contributed by atoms with Gasteiger partial charge in [0, 0.05) is 18.2 Å². The molecule has 0 spiro atoms. The van der Waals surface area contributed by atoms with Crippen molar-refractivity contribution in [3.63, 3.8) is 0 Å². The number of hydrogen-bond acceptors (Lipinski definition) is 9. The number of benzene rings is 2. The van der Waals surface area contributed by atoms with E-state index in [1.165, 1.54) is 18.3 Å². The second-order valence-corrected chi connectivity index (χ2v) is 9.95. The molecule has 2 unspecified atom stereocenters. The Hall–Kier alpha value is -5.03. The van der Waals surface area contributed by atoms with Gasteiger partial charge in [-0.3, -0.25) is 14.9 Å². The van der Waals surface area contributed by atoms with Gasteiger partial charge in [0.15, 0.2) is 0 Å². The van der Waals surface area contributed by atoms with Gasteiger partial charge in [0.2, 0.25) is 17.7 Å². The van der Waals surface area contributed by atoms with E-state index in [1.807, 2.05) is 50.2 Å². The monoisotopic (exact) mass is 555 g/mol. The summed E-state index contributed by atoms with van der Waals surface area (Å²) in [5.41, 5.74) is 8.30. The Morgan fingerprint density at radius 1 is 1.02 bits per heavy atom. The van der Waals surface area contributed by atoms with Crippen LogP contribution < -0.4 is 25.3 Å². The molecule has 5 rings (SSSR count). The van der Waals surface area contributed by atoms with Crippen LogP contribution in [-0.2, 0) is 11.2 Å². The van der Waals surface area contributed by atoms with Crippen molar-refractivity contribution in [1.82, 2.24) is 9.97 Å². The van der Waals surface area contributed by atoms with Crippen molar-refractivity contribution >= 4 is 17.3 Å². The molecule has 0 bridgehead atoms. The zero-order chi connectivity index (χ0) is 28.9. The highest BCUT2D eigenvalue weighted by Crippen LogP contribution is 2.38. The normalized spacial score (nSPS) is 14.9. The molecule has 2 atom stereocenters. The van der Waals surface area contributed by atoms with Crippen LogP contribution >= 0.6 is 0 Å². The van der Waals surface area contributed by atoms with Gasteiger partial charge in [-0.05, 0) is 66.3 Å². The molecule has 11 nitrogen and oxygen atoms in total. The lowest BCUT2D eigenvalue weighted by atomic mass is 9.97. The minimum absolute atomic E-state index is 0.0278. The molecule has 1 amide bonds. The average Bonchev–Trinajstić information content (AvgIpc) is 2.98. The van der Waals surface area contributed by atoms with Gasteiger partial charge in [0.25, 0.3) is 5.69 Å². The summed E-state index contributed by atoms with van der Waals surface area (Å²) in [6, 6.07) is 18.8. The van der Waals surface area contributed by atoms with Crippen molar-refractivity contribution in [1.29, 1.82) is 0 Å². The Kier molecular flexibility index (Phi) is 8.06. The summed E-state index contributed by atoms with van der Waals surface area (Å²) in [4.78, 5) is 30.8. The van der Waals surface area contributed by atoms with Gasteiger partial charge in [-0.15, -0.1) is 0 Å². The van der Waals surface area contributed by atoms with Crippen LogP contribution in [0.25, 0.3) is 0 Å². The van der Waals surface area contributed by atoms with E-state index in [4.69, 9.17) is 19.9 Å². The van der Waals surface area contributed by atoms with Crippen LogP contribution in [0, 0.1) is 16.0 Å². The number of nitrogens with zero attached hydrogens (tertiary/aromatic N) is 3. The van der Waals surface area contributed by atoms with E-state index in [2.05, 4.69) is 15.3 Å². The molecule has 2 aromatic heterocycles. The van der Waals surface area contributed by atoms with Crippen molar-refractivity contribution in [2.24, 2.45) is 11.7 Å². The third kappa shape index (κ3) is 6.76. The number of nitrogens with one attached hydrogen (secondary N) is 1. The first-order valence-corrected chi connectivity index (χ1v) is 13.1. The first-order chi connectivity index (χ1) is 19.7. The van der Waals surface area contributed by atoms with Gasteiger partial charge in [-0.25, -0.2) is 9.97 Å². The quantitative estimate of drug-likeness (QED) is 0.188. The molecule has 0 saturated heterocycles. The van der Waals surface area contributed by atoms with Gasteiger partial charge in [-0.1, -0.05) is 26.0 Å². The number of pyridine rings is 2. The number of ether oxygens (including phenoxy) is 3. The highest BCUT2D eigenvalue weighted by atomic mass is 16.6. The molecule has 2 aromatic carbocycles. The smallest absolute Gasteiger partial charge is 0.287 e. The van der Waals surface area contributed by atoms with E-state index in [9.17, 15) is 14.9 Å². The fraction of sp³-hybridized carbons (Fsp3) is 0.233. The minimum Gasteiger partial charge on any atom is -0.485 e. The number of aryl methyl sites for hydroxylation is 1. The summed E-state index contributed by atoms with van der Waals surface area (Å²) < 4.78 is 18.0. The first-order valence-electron chi connectivity index (χ1n) is 13.1. The third-order valence-corrected chi connectivity index (χ3v) is 6.61. The topological polar surface area (TPSA) is 152 Å². The van der Waals surface area contributed by atoms with Crippen molar-refractivity contribution in [3.05, 3.63) is 100 Å². The molecule has 0 radical (unpaired) electrons. The molecule has 11 heteroatoms. The summed E-state index contributed by atoms with van der Waals surface area (Å²) in [5.74, 6) is 2.38. The average molecular weight is 556 g/mol. The Morgan fingerprint density at radius 2 is 1.76 bits per heavy atom. The van der Waals surface area contributed by atoms with Crippen LogP contribution in [0.2, 0.25) is 0 Å². The highest BCUT2D eigenvalue weighted by molar-refractivity contribution is 5.94. The Labute approximate surface area is 236 Å². The molecule has 1 aliphatic rings. The molecule has 0 fully saturated rings. The molecule has 3 N–H and O–H groups in total. The van der Waals surface area contributed by atoms with Crippen LogP contribution in [0.15, 0.2) is 79.1 Å². The highest BCUT2D eigenvalue weighted by Gasteiger charge is 2.23. The van der Waals surface area contributed by atoms with Crippen molar-refractivity contribution in [2.75, 3.05) is 5.32 Å². The van der Waals surface area contributed by atoms with Gasteiger partial charge < -0.3 is 25.3 Å². The van der Waals surface area contributed by atoms with Crippen LogP contribution in [0.5, 0.6) is 29.0 Å². The summed E-state index contributed by atoms with van der Waals surface area (Å²) in [6.45, 7) is 3.78. The summed E-state index contributed by atoms with van der Waals surface area (Å²) in [5, 5.41) is 13.6. The van der Waals surface area contributed by atoms with Crippen LogP contribution in [0.4, 0.5) is 11.4 Å². The number of hydrogen-bond donors (Lipinski definition) is 2. The van der Waals surface area contributed by atoms with Gasteiger partial charge >= 0.3 is 0 Å². The predicted molar refractivity (Wildman–Crippen MR) is 151 cm³/mol. The minimum atomic E-state index is -0.597. The van der Waals surface area contributed by atoms with Gasteiger partial charge in [0.1, 0.15) is 29.5 Å². The third-order valence-electron chi connectivity index (χ3n) is 6.61. The molecule has 3 heterocycles. The Morgan fingerprint density at radius 3 is 2.41 bits per heavy atom. The van der Waals surface area contributed by atoms with E-state index in [0.717, 1.165) is 35.9 Å². The van der Waals surface area contributed by atoms with E-state index < -0.39 is 11.0 Å². The maximum Gasteiger partial charge on any atom is 0.287 e. The SMILES string of the molecule is CC(C)C(N)C(=O)Nc1ccc(Oc2ccc3c(c2)CCC(c2cccc(Oc4ccc([N+](=O)[O-])cn4)c2)O3)nc1. The number of carbonyl (C=O) groups excluding carboxylic acids is 1. The van der Waals surface area contributed by atoms with Crippen LogP contribution in [0.1, 0.15) is 37.5 Å². The Bertz CT molecular complexity index is 1540. The lowest BCUT2D eigenvalue weighted by Crippen LogP contribution is -2.39. The predicted octanol–water partition coefficient (Wildman–Crippen LogP) is 5.96. The van der Waals surface area contributed by atoms with E-state index in [1.54, 1.807) is 18.2 Å². The lowest BCUT2D eigenvalue weighted by molar-refractivity contribution is -0.385. The van der Waals surface area contributed by atoms with Crippen LogP contribution in [0.3, 0.4) is 0 Å². The van der Waals surface area contributed by atoms with Crippen molar-refractivity contribution in [2.45, 2.75) is 38.8 Å². The standard InChI is InChI=1S/C30H29N5O6/c1-18(2)29(31)30(36)34-21-7-12-27(32-16-21)40-24-9-11-26-20(15-24)6-10-25(41-26)19-4-3-5-23(14-19)39-28-13-8-22(17-33-28)35(37)38/h3-5,7-9,11-18,25,29H,6,10,31H2,1-2H3,(H,34,36). The molecule has 4 aromatic rings. The number of carbonyl (C=O) groups is 1. The Balaban J connectivity index is 1.20. The molecular weight excluding hydrogens is 526 g/mol. The number of rotatable bonds is 9. The summed E-state index contributed by atoms with van der Waals surface area (Å²) in [7, 11) is 0. The zero-order valence-corrected chi connectivity index (χ0v) is 22.5. The van der Waals surface area contributed by atoms with Crippen molar-refractivity contribution < 1.29 is 23.9 Å². The summed E-state index contributed by atoms with van der Waals surface area (Å²) in [6.07, 6.45) is 4.05. The fourth-order valence-electron chi connectivity index (χ4n) is 4.27. The van der Waals surface area contributed by atoms with E-state index >= 15 is 0 Å². The second kappa shape index (κ2) is 12.0. The van der Waals surface area contributed by atoms with E-state index in [0.29, 0.717) is 23.1 Å². The lowest BCUT2D eigenvalue weighted by Gasteiger charge is -2.27. The van der Waals surface area contributed by atoms with Gasteiger partial charge in [0.05, 0.1) is 22.8 Å². The second-order valence-electron chi connectivity index (χ2n) is 9.95. The van der Waals surface area contributed by atoms with Crippen molar-refractivity contribution in [3.8, 4) is 29.0 Å². The van der Waals surface area contributed by atoms with E-state index in [-0.39, 0.29) is 29.5 Å². The largest absolute Gasteiger partial charge is 0.485 e. The number of amides is 1. The molecule has 210 valence electrons. The molecule has 0 aliphatic carbocycles. The fourth-order valence-corrected chi connectivity index (χ4v) is 4.27. The number of nitrogens with two attached hydrogens (primary N) is 1. The number of aromatic nitrogens is 2.